The maximum atomic E-state index is 5.80. The van der Waals surface area contributed by atoms with Crippen LogP contribution < -0.4 is 14.8 Å². The molecular weight excluding hydrogens is 262 g/mol. The van der Waals surface area contributed by atoms with E-state index in [1.165, 1.54) is 5.56 Å². The van der Waals surface area contributed by atoms with Crippen molar-refractivity contribution in [3.8, 4) is 11.5 Å². The minimum Gasteiger partial charge on any atom is -0.494 e. The lowest BCUT2D eigenvalue weighted by molar-refractivity contribution is 0.243. The van der Waals surface area contributed by atoms with Crippen molar-refractivity contribution in [3.63, 3.8) is 0 Å². The van der Waals surface area contributed by atoms with Gasteiger partial charge in [0, 0.05) is 6.54 Å². The molecular formula is C18H23NO2. The second kappa shape index (κ2) is 7.58. The van der Waals surface area contributed by atoms with Crippen molar-refractivity contribution in [1.82, 2.24) is 0 Å². The van der Waals surface area contributed by atoms with Crippen LogP contribution >= 0.6 is 0 Å². The molecule has 0 saturated heterocycles. The molecule has 2 aromatic carbocycles. The summed E-state index contributed by atoms with van der Waals surface area (Å²) >= 11 is 0. The molecule has 0 fully saturated rings. The van der Waals surface area contributed by atoms with E-state index in [0.29, 0.717) is 6.61 Å². The van der Waals surface area contributed by atoms with Crippen LogP contribution in [-0.4, -0.2) is 12.7 Å². The molecule has 0 amide bonds. The van der Waals surface area contributed by atoms with Crippen molar-refractivity contribution in [2.75, 3.05) is 11.9 Å². The molecule has 2 aromatic rings. The first-order valence-electron chi connectivity index (χ1n) is 7.40. The van der Waals surface area contributed by atoms with E-state index in [-0.39, 0.29) is 6.10 Å². The number of ether oxygens (including phenoxy) is 2. The summed E-state index contributed by atoms with van der Waals surface area (Å²) in [6.07, 6.45) is 0.165. The van der Waals surface area contributed by atoms with E-state index in [4.69, 9.17) is 9.47 Å². The van der Waals surface area contributed by atoms with E-state index in [1.54, 1.807) is 0 Å². The third-order valence-corrected chi connectivity index (χ3v) is 2.97. The molecule has 0 radical (unpaired) electrons. The molecule has 1 N–H and O–H groups in total. The third kappa shape index (κ3) is 4.71. The predicted molar refractivity (Wildman–Crippen MR) is 87.1 cm³/mol. The minimum atomic E-state index is 0.165. The summed E-state index contributed by atoms with van der Waals surface area (Å²) in [5.74, 6) is 1.79. The maximum Gasteiger partial charge on any atom is 0.142 e. The molecule has 0 atom stereocenters. The van der Waals surface area contributed by atoms with Crippen molar-refractivity contribution in [2.24, 2.45) is 0 Å². The van der Waals surface area contributed by atoms with Gasteiger partial charge in [-0.3, -0.25) is 0 Å². The Morgan fingerprint density at radius 3 is 2.38 bits per heavy atom. The van der Waals surface area contributed by atoms with E-state index in [1.807, 2.05) is 57.2 Å². The lowest BCUT2D eigenvalue weighted by atomic mass is 10.2. The van der Waals surface area contributed by atoms with Gasteiger partial charge in [-0.15, -0.1) is 0 Å². The summed E-state index contributed by atoms with van der Waals surface area (Å²) in [7, 11) is 0. The van der Waals surface area contributed by atoms with Crippen LogP contribution in [0.1, 0.15) is 26.3 Å². The first-order chi connectivity index (χ1) is 10.2. The SMILES string of the molecule is CCOc1ccc(CNc2ccccc2OC(C)C)cc1. The van der Waals surface area contributed by atoms with Crippen LogP contribution in [0.3, 0.4) is 0 Å². The molecule has 0 heterocycles. The fourth-order valence-electron chi connectivity index (χ4n) is 2.04. The number of hydrogen-bond donors (Lipinski definition) is 1. The maximum absolute atomic E-state index is 5.80. The standard InChI is InChI=1S/C18H23NO2/c1-4-20-16-11-9-15(10-12-16)13-19-17-7-5-6-8-18(17)21-14(2)3/h5-12,14,19H,4,13H2,1-3H3. The number of nitrogens with one attached hydrogen (secondary N) is 1. The topological polar surface area (TPSA) is 30.5 Å². The molecule has 0 aromatic heterocycles. The number of anilines is 1. The van der Waals surface area contributed by atoms with Crippen LogP contribution in [0.4, 0.5) is 5.69 Å². The molecule has 112 valence electrons. The van der Waals surface area contributed by atoms with E-state index in [2.05, 4.69) is 17.4 Å². The number of hydrogen-bond acceptors (Lipinski definition) is 3. The number of benzene rings is 2. The van der Waals surface area contributed by atoms with E-state index in [0.717, 1.165) is 23.7 Å². The van der Waals surface area contributed by atoms with E-state index >= 15 is 0 Å². The summed E-state index contributed by atoms with van der Waals surface area (Å²) in [5.41, 5.74) is 2.22. The number of rotatable bonds is 7. The average molecular weight is 285 g/mol. The Hall–Kier alpha value is -2.16. The molecule has 0 saturated carbocycles. The van der Waals surface area contributed by atoms with Gasteiger partial charge in [-0.2, -0.15) is 0 Å². The van der Waals surface area contributed by atoms with Crippen LogP contribution in [-0.2, 0) is 6.54 Å². The molecule has 0 aliphatic carbocycles. The second-order valence-electron chi connectivity index (χ2n) is 5.09. The zero-order chi connectivity index (χ0) is 15.1. The Kier molecular flexibility index (Phi) is 5.50. The Labute approximate surface area is 126 Å². The largest absolute Gasteiger partial charge is 0.494 e. The summed E-state index contributed by atoms with van der Waals surface area (Å²) < 4.78 is 11.2. The van der Waals surface area contributed by atoms with Gasteiger partial charge < -0.3 is 14.8 Å². The summed E-state index contributed by atoms with van der Waals surface area (Å²) in [6, 6.07) is 16.2. The van der Waals surface area contributed by atoms with Crippen molar-refractivity contribution >= 4 is 5.69 Å². The van der Waals surface area contributed by atoms with Gasteiger partial charge in [0.2, 0.25) is 0 Å². The van der Waals surface area contributed by atoms with Gasteiger partial charge in [0.15, 0.2) is 0 Å². The summed E-state index contributed by atoms with van der Waals surface area (Å²) in [6.45, 7) is 7.50. The van der Waals surface area contributed by atoms with Crippen molar-refractivity contribution < 1.29 is 9.47 Å². The first-order valence-corrected chi connectivity index (χ1v) is 7.40. The third-order valence-electron chi connectivity index (χ3n) is 2.97. The van der Waals surface area contributed by atoms with E-state index < -0.39 is 0 Å². The monoisotopic (exact) mass is 285 g/mol. The Morgan fingerprint density at radius 1 is 1.00 bits per heavy atom. The van der Waals surface area contributed by atoms with Crippen molar-refractivity contribution in [3.05, 3.63) is 54.1 Å². The fourth-order valence-corrected chi connectivity index (χ4v) is 2.04. The molecule has 0 bridgehead atoms. The van der Waals surface area contributed by atoms with Gasteiger partial charge in [0.05, 0.1) is 18.4 Å². The molecule has 3 nitrogen and oxygen atoms in total. The van der Waals surface area contributed by atoms with E-state index in [9.17, 15) is 0 Å². The quantitative estimate of drug-likeness (QED) is 0.813. The molecule has 21 heavy (non-hydrogen) atoms. The van der Waals surface area contributed by atoms with Gasteiger partial charge in [-0.05, 0) is 50.6 Å². The van der Waals surface area contributed by atoms with Gasteiger partial charge >= 0.3 is 0 Å². The summed E-state index contributed by atoms with van der Waals surface area (Å²) in [4.78, 5) is 0. The number of para-hydroxylation sites is 2. The molecule has 0 aliphatic rings. The highest BCUT2D eigenvalue weighted by atomic mass is 16.5. The minimum absolute atomic E-state index is 0.165. The van der Waals surface area contributed by atoms with Crippen LogP contribution in [0.15, 0.2) is 48.5 Å². The van der Waals surface area contributed by atoms with Gasteiger partial charge in [0.25, 0.3) is 0 Å². The normalized spacial score (nSPS) is 10.5. The zero-order valence-electron chi connectivity index (χ0n) is 12.9. The Bertz CT molecular complexity index is 549. The highest BCUT2D eigenvalue weighted by Crippen LogP contribution is 2.25. The highest BCUT2D eigenvalue weighted by molar-refractivity contribution is 5.56. The second-order valence-corrected chi connectivity index (χ2v) is 5.09. The van der Waals surface area contributed by atoms with Gasteiger partial charge in [-0.1, -0.05) is 24.3 Å². The molecule has 2 rings (SSSR count). The predicted octanol–water partition coefficient (Wildman–Crippen LogP) is 4.48. The Morgan fingerprint density at radius 2 is 1.71 bits per heavy atom. The smallest absolute Gasteiger partial charge is 0.142 e. The van der Waals surface area contributed by atoms with Gasteiger partial charge in [0.1, 0.15) is 11.5 Å². The fraction of sp³-hybridized carbons (Fsp3) is 0.333. The van der Waals surface area contributed by atoms with Crippen molar-refractivity contribution in [1.29, 1.82) is 0 Å². The first kappa shape index (κ1) is 15.2. The lowest BCUT2D eigenvalue weighted by Gasteiger charge is -2.15. The van der Waals surface area contributed by atoms with Crippen LogP contribution in [0.5, 0.6) is 11.5 Å². The van der Waals surface area contributed by atoms with Crippen molar-refractivity contribution in [2.45, 2.75) is 33.4 Å². The Balaban J connectivity index is 1.99. The molecule has 0 spiro atoms. The highest BCUT2D eigenvalue weighted by Gasteiger charge is 2.04. The van der Waals surface area contributed by atoms with Crippen LogP contribution in [0.2, 0.25) is 0 Å². The zero-order valence-corrected chi connectivity index (χ0v) is 12.9. The average Bonchev–Trinajstić information content (AvgIpc) is 2.48. The van der Waals surface area contributed by atoms with Gasteiger partial charge in [-0.25, -0.2) is 0 Å². The van der Waals surface area contributed by atoms with Crippen LogP contribution in [0.25, 0.3) is 0 Å². The molecule has 3 heteroatoms. The summed E-state index contributed by atoms with van der Waals surface area (Å²) in [5, 5.41) is 3.42. The lowest BCUT2D eigenvalue weighted by Crippen LogP contribution is -2.08. The van der Waals surface area contributed by atoms with Crippen LogP contribution in [0, 0.1) is 0 Å². The molecule has 0 unspecified atom stereocenters. The molecule has 0 aliphatic heterocycles.